The van der Waals surface area contributed by atoms with Crippen LogP contribution in [0.4, 0.5) is 0 Å². The molecule has 0 bridgehead atoms. The van der Waals surface area contributed by atoms with E-state index in [9.17, 15) is 4.79 Å². The fraction of sp³-hybridized carbons (Fsp3) is 0.938. The van der Waals surface area contributed by atoms with Gasteiger partial charge in [0.05, 0.1) is 12.0 Å². The van der Waals surface area contributed by atoms with Gasteiger partial charge in [0.1, 0.15) is 0 Å². The topological polar surface area (TPSA) is 54.0 Å². The Hall–Kier alpha value is -0.216. The molecule has 0 aliphatic carbocycles. The average molecular weight is 367 g/mol. The minimum Gasteiger partial charge on any atom is -0.465 e. The Bertz CT molecular complexity index is 309. The summed E-state index contributed by atoms with van der Waals surface area (Å²) in [6, 6.07) is 0.635. The van der Waals surface area contributed by atoms with Crippen LogP contribution in [0.1, 0.15) is 33.6 Å². The molecule has 0 rings (SSSR count). The van der Waals surface area contributed by atoms with Crippen molar-refractivity contribution in [3.8, 4) is 0 Å². The Kier molecular flexibility index (Phi) is 12.4. The molecule has 7 heteroatoms. The first-order valence-corrected chi connectivity index (χ1v) is 14.1. The third-order valence-corrected chi connectivity index (χ3v) is 6.06. The normalized spacial score (nSPS) is 12.4. The number of esters is 1. The number of rotatable bonds is 9. The van der Waals surface area contributed by atoms with Crippen molar-refractivity contribution in [3.05, 3.63) is 0 Å². The van der Waals surface area contributed by atoms with E-state index in [4.69, 9.17) is 18.0 Å². The highest BCUT2D eigenvalue weighted by Crippen LogP contribution is 2.22. The lowest BCUT2D eigenvalue weighted by atomic mass is 9.91. The van der Waals surface area contributed by atoms with Gasteiger partial charge in [0.25, 0.3) is 0 Å². The van der Waals surface area contributed by atoms with Crippen LogP contribution in [-0.2, 0) is 22.8 Å². The van der Waals surface area contributed by atoms with E-state index in [0.29, 0.717) is 19.1 Å². The molecule has 0 amide bonds. The second-order valence-corrected chi connectivity index (χ2v) is 16.9. The lowest BCUT2D eigenvalue weighted by Gasteiger charge is -2.24. The van der Waals surface area contributed by atoms with E-state index in [2.05, 4.69) is 26.2 Å². The Morgan fingerprint density at radius 2 is 1.35 bits per heavy atom. The van der Waals surface area contributed by atoms with Gasteiger partial charge in [-0.25, -0.2) is 0 Å². The number of carbonyl (C=O) groups is 1. The van der Waals surface area contributed by atoms with Gasteiger partial charge < -0.3 is 18.0 Å². The highest BCUT2D eigenvalue weighted by Gasteiger charge is 2.37. The third-order valence-electron chi connectivity index (χ3n) is 3.23. The van der Waals surface area contributed by atoms with Crippen molar-refractivity contribution < 1.29 is 22.8 Å². The molecule has 0 aliphatic rings. The molecule has 0 spiro atoms. The van der Waals surface area contributed by atoms with Gasteiger partial charge >= 0.3 is 14.8 Å². The molecule has 0 atom stereocenters. The first-order valence-electron chi connectivity index (χ1n) is 8.20. The number of hydrogen-bond donors (Lipinski definition) is 0. The van der Waals surface area contributed by atoms with E-state index in [1.165, 1.54) is 0 Å². The third kappa shape index (κ3) is 12.8. The van der Waals surface area contributed by atoms with Gasteiger partial charge in [-0.05, 0) is 26.7 Å². The van der Waals surface area contributed by atoms with Crippen LogP contribution >= 0.6 is 0 Å². The predicted octanol–water partition coefficient (Wildman–Crippen LogP) is 4.19. The average Bonchev–Trinajstić information content (AvgIpc) is 2.46. The van der Waals surface area contributed by atoms with Crippen LogP contribution in [0.2, 0.25) is 32.2 Å². The molecular weight excluding hydrogens is 328 g/mol. The highest BCUT2D eigenvalue weighted by atomic mass is 28.4. The van der Waals surface area contributed by atoms with E-state index in [0.717, 1.165) is 6.42 Å². The fourth-order valence-electron chi connectivity index (χ4n) is 1.35. The molecule has 0 aromatic heterocycles. The van der Waals surface area contributed by atoms with Crippen LogP contribution in [0.15, 0.2) is 0 Å². The lowest BCUT2D eigenvalue weighted by molar-refractivity contribution is -0.154. The van der Waals surface area contributed by atoms with Crippen molar-refractivity contribution in [1.82, 2.24) is 0 Å². The first kappa shape index (κ1) is 25.0. The Morgan fingerprint density at radius 3 is 1.65 bits per heavy atom. The van der Waals surface area contributed by atoms with Crippen LogP contribution in [0.3, 0.4) is 0 Å². The molecule has 0 N–H and O–H groups in total. The lowest BCUT2D eigenvalue weighted by Crippen LogP contribution is -2.42. The largest absolute Gasteiger partial charge is 0.500 e. The minimum atomic E-state index is -2.53. The molecule has 0 unspecified atom stereocenters. The summed E-state index contributed by atoms with van der Waals surface area (Å²) in [5, 5.41) is 0. The molecule has 23 heavy (non-hydrogen) atoms. The standard InChI is InChI=1S/C12H26O5Si.C4H12Si/c1-7-12(2,3)11(13)17-9-8-10-18(14-4,15-5)16-6;1-5(2,3)4/h7-10H2,1-6H3;1-4H3. The SMILES string of the molecule is CCC(C)(C)C(=O)OCCC[Si](OC)(OC)OC.C[Si](C)(C)C. The Labute approximate surface area is 145 Å². The predicted molar refractivity (Wildman–Crippen MR) is 100 cm³/mol. The smallest absolute Gasteiger partial charge is 0.465 e. The van der Waals surface area contributed by atoms with Crippen molar-refractivity contribution in [2.24, 2.45) is 5.41 Å². The van der Waals surface area contributed by atoms with Crippen molar-refractivity contribution in [1.29, 1.82) is 0 Å². The molecule has 5 nitrogen and oxygen atoms in total. The maximum Gasteiger partial charge on any atom is 0.500 e. The van der Waals surface area contributed by atoms with Crippen LogP contribution < -0.4 is 0 Å². The summed E-state index contributed by atoms with van der Waals surface area (Å²) < 4.78 is 21.1. The van der Waals surface area contributed by atoms with Gasteiger partial charge in [-0.15, -0.1) is 0 Å². The van der Waals surface area contributed by atoms with Gasteiger partial charge in [0, 0.05) is 35.4 Å². The molecule has 0 aliphatic heterocycles. The summed E-state index contributed by atoms with van der Waals surface area (Å²) in [7, 11) is 1.58. The first-order chi connectivity index (χ1) is 10.4. The van der Waals surface area contributed by atoms with Gasteiger partial charge in [-0.1, -0.05) is 33.1 Å². The van der Waals surface area contributed by atoms with Crippen LogP contribution in [0.25, 0.3) is 0 Å². The second kappa shape index (κ2) is 11.4. The fourth-order valence-corrected chi connectivity index (χ4v) is 3.04. The summed E-state index contributed by atoms with van der Waals surface area (Å²) >= 11 is 0. The van der Waals surface area contributed by atoms with E-state index in [1.807, 2.05) is 20.8 Å². The molecule has 0 radical (unpaired) electrons. The van der Waals surface area contributed by atoms with Crippen molar-refractivity contribution in [2.45, 2.75) is 65.8 Å². The van der Waals surface area contributed by atoms with Gasteiger partial charge in [0.2, 0.25) is 0 Å². The van der Waals surface area contributed by atoms with E-state index >= 15 is 0 Å². The van der Waals surface area contributed by atoms with Crippen LogP contribution in [0, 0.1) is 5.41 Å². The zero-order valence-corrected chi connectivity index (χ0v) is 18.9. The summed E-state index contributed by atoms with van der Waals surface area (Å²) in [6.07, 6.45) is 1.44. The van der Waals surface area contributed by atoms with Crippen molar-refractivity contribution >= 4 is 22.8 Å². The summed E-state index contributed by atoms with van der Waals surface area (Å²) in [5.41, 5.74) is -0.418. The molecule has 0 saturated heterocycles. The maximum absolute atomic E-state index is 11.7. The van der Waals surface area contributed by atoms with Gasteiger partial charge in [0.15, 0.2) is 0 Å². The molecule has 0 aromatic rings. The Morgan fingerprint density at radius 1 is 0.957 bits per heavy atom. The number of carbonyl (C=O) groups excluding carboxylic acids is 1. The molecule has 0 saturated carbocycles. The quantitative estimate of drug-likeness (QED) is 0.348. The summed E-state index contributed by atoms with van der Waals surface area (Å²) in [4.78, 5) is 11.7. The summed E-state index contributed by atoms with van der Waals surface area (Å²) in [5.74, 6) is -0.162. The highest BCUT2D eigenvalue weighted by molar-refractivity contribution is 6.74. The number of hydrogen-bond acceptors (Lipinski definition) is 5. The van der Waals surface area contributed by atoms with Gasteiger partial charge in [-0.3, -0.25) is 4.79 Å². The van der Waals surface area contributed by atoms with Crippen molar-refractivity contribution in [3.63, 3.8) is 0 Å². The monoisotopic (exact) mass is 366 g/mol. The molecule has 140 valence electrons. The van der Waals surface area contributed by atoms with E-state index in [1.54, 1.807) is 21.3 Å². The second-order valence-electron chi connectivity index (χ2n) is 7.77. The van der Waals surface area contributed by atoms with Gasteiger partial charge in [-0.2, -0.15) is 0 Å². The van der Waals surface area contributed by atoms with Crippen LogP contribution in [0.5, 0.6) is 0 Å². The zero-order chi connectivity index (χ0) is 18.7. The van der Waals surface area contributed by atoms with E-state index < -0.39 is 22.3 Å². The Balaban J connectivity index is 0. The molecule has 0 aromatic carbocycles. The summed E-state index contributed by atoms with van der Waals surface area (Å²) in [6.45, 7) is 15.4. The maximum atomic E-state index is 11.7. The zero-order valence-electron chi connectivity index (χ0n) is 16.9. The molecular formula is C16H38O5Si2. The minimum absolute atomic E-state index is 0.162. The molecule has 0 fully saturated rings. The number of ether oxygens (including phenoxy) is 1. The van der Waals surface area contributed by atoms with Crippen molar-refractivity contribution in [2.75, 3.05) is 27.9 Å². The van der Waals surface area contributed by atoms with Crippen LogP contribution in [-0.4, -0.2) is 50.8 Å². The van der Waals surface area contributed by atoms with E-state index in [-0.39, 0.29) is 5.97 Å². The molecule has 0 heterocycles.